The summed E-state index contributed by atoms with van der Waals surface area (Å²) in [6.07, 6.45) is 0.334. The third-order valence-corrected chi connectivity index (χ3v) is 5.55. The second kappa shape index (κ2) is 7.68. The van der Waals surface area contributed by atoms with Gasteiger partial charge < -0.3 is 10.1 Å². The Morgan fingerprint density at radius 2 is 1.84 bits per heavy atom. The molecule has 31 heavy (non-hydrogen) atoms. The lowest BCUT2D eigenvalue weighted by Gasteiger charge is -2.34. The summed E-state index contributed by atoms with van der Waals surface area (Å²) < 4.78 is 32.5. The van der Waals surface area contributed by atoms with E-state index in [1.165, 1.54) is 12.1 Å². The molecule has 3 amide bonds. The summed E-state index contributed by atoms with van der Waals surface area (Å²) in [7, 11) is 0. The van der Waals surface area contributed by atoms with Gasteiger partial charge in [-0.1, -0.05) is 0 Å². The number of carbonyl (C=O) groups excluding carboxylic acids is 3. The maximum absolute atomic E-state index is 13.5. The molecule has 1 aromatic carbocycles. The van der Waals surface area contributed by atoms with Crippen molar-refractivity contribution in [1.29, 1.82) is 0 Å². The van der Waals surface area contributed by atoms with Crippen LogP contribution in [-0.4, -0.2) is 50.8 Å². The molecule has 2 heterocycles. The molecule has 4 rings (SSSR count). The zero-order valence-electron chi connectivity index (χ0n) is 16.7. The van der Waals surface area contributed by atoms with Crippen molar-refractivity contribution >= 4 is 17.7 Å². The number of urea groups is 1. The number of alkyl halides is 2. The van der Waals surface area contributed by atoms with E-state index < -0.39 is 48.6 Å². The molecule has 10 heteroatoms. The van der Waals surface area contributed by atoms with Crippen LogP contribution in [0.25, 0.3) is 0 Å². The summed E-state index contributed by atoms with van der Waals surface area (Å²) in [5, 5.41) is 10.2. The van der Waals surface area contributed by atoms with E-state index in [9.17, 15) is 23.2 Å². The van der Waals surface area contributed by atoms with Gasteiger partial charge in [-0.25, -0.2) is 13.6 Å². The van der Waals surface area contributed by atoms with Gasteiger partial charge in [0.1, 0.15) is 11.3 Å². The van der Waals surface area contributed by atoms with Crippen molar-refractivity contribution in [3.8, 4) is 11.6 Å². The Morgan fingerprint density at radius 3 is 2.48 bits per heavy atom. The molecule has 8 nitrogen and oxygen atoms in total. The Morgan fingerprint density at radius 1 is 1.16 bits per heavy atom. The quantitative estimate of drug-likeness (QED) is 0.577. The van der Waals surface area contributed by atoms with Gasteiger partial charge in [-0.05, 0) is 49.6 Å². The van der Waals surface area contributed by atoms with Crippen molar-refractivity contribution in [3.63, 3.8) is 0 Å². The molecule has 2 aliphatic rings. The molecule has 2 fully saturated rings. The number of amides is 3. The van der Waals surface area contributed by atoms with Gasteiger partial charge in [-0.2, -0.15) is 5.10 Å². The molecule has 0 unspecified atom stereocenters. The smallest absolute Gasteiger partial charge is 0.325 e. The van der Waals surface area contributed by atoms with Crippen LogP contribution < -0.4 is 10.1 Å². The third kappa shape index (κ3) is 4.23. The second-order valence-electron chi connectivity index (χ2n) is 7.88. The number of aryl methyl sites for hydroxylation is 1. The van der Waals surface area contributed by atoms with Crippen LogP contribution in [-0.2, 0) is 4.79 Å². The molecule has 1 saturated carbocycles. The Balaban J connectivity index is 1.41. The van der Waals surface area contributed by atoms with Crippen LogP contribution in [0, 0.1) is 6.92 Å². The molecule has 0 atom stereocenters. The molecule has 1 saturated heterocycles. The minimum absolute atomic E-state index is 0.150. The van der Waals surface area contributed by atoms with E-state index in [1.54, 1.807) is 24.4 Å². The van der Waals surface area contributed by atoms with Crippen LogP contribution in [0.15, 0.2) is 36.5 Å². The molecular formula is C21H20F2N4O4. The summed E-state index contributed by atoms with van der Waals surface area (Å²) in [4.78, 5) is 38.5. The van der Waals surface area contributed by atoms with Gasteiger partial charge in [0.25, 0.3) is 5.91 Å². The molecule has 1 spiro atoms. The van der Waals surface area contributed by atoms with Gasteiger partial charge >= 0.3 is 6.03 Å². The zero-order chi connectivity index (χ0) is 22.2. The first-order valence-corrected chi connectivity index (χ1v) is 9.80. The van der Waals surface area contributed by atoms with Crippen LogP contribution >= 0.6 is 0 Å². The van der Waals surface area contributed by atoms with Crippen molar-refractivity contribution in [2.24, 2.45) is 0 Å². The summed E-state index contributed by atoms with van der Waals surface area (Å²) in [6.45, 7) is 1.38. The molecule has 162 valence electrons. The zero-order valence-corrected chi connectivity index (χ0v) is 16.7. The first kappa shape index (κ1) is 20.8. The Labute approximate surface area is 176 Å². The van der Waals surface area contributed by atoms with Gasteiger partial charge in [0.15, 0.2) is 5.78 Å². The number of imide groups is 1. The van der Waals surface area contributed by atoms with E-state index >= 15 is 0 Å². The number of hydrogen-bond donors (Lipinski definition) is 1. The third-order valence-electron chi connectivity index (χ3n) is 5.55. The van der Waals surface area contributed by atoms with Crippen molar-refractivity contribution in [2.45, 2.75) is 44.1 Å². The molecule has 1 N–H and O–H groups in total. The molecule has 1 aromatic heterocycles. The molecule has 0 radical (unpaired) electrons. The second-order valence-corrected chi connectivity index (χ2v) is 7.88. The number of nitrogens with one attached hydrogen (secondary N) is 1. The minimum Gasteiger partial charge on any atom is -0.438 e. The van der Waals surface area contributed by atoms with E-state index in [1.807, 2.05) is 6.92 Å². The molecule has 1 aliphatic carbocycles. The Bertz CT molecular complexity index is 1030. The first-order chi connectivity index (χ1) is 14.7. The largest absolute Gasteiger partial charge is 0.438 e. The predicted molar refractivity (Wildman–Crippen MR) is 104 cm³/mol. The van der Waals surface area contributed by atoms with Gasteiger partial charge in [0, 0.05) is 24.5 Å². The van der Waals surface area contributed by atoms with E-state index in [0.717, 1.165) is 10.5 Å². The average Bonchev–Trinajstić information content (AvgIpc) is 2.95. The van der Waals surface area contributed by atoms with Crippen LogP contribution in [0.4, 0.5) is 13.6 Å². The predicted octanol–water partition coefficient (Wildman–Crippen LogP) is 3.26. The fourth-order valence-electron chi connectivity index (χ4n) is 3.75. The van der Waals surface area contributed by atoms with E-state index in [0.29, 0.717) is 11.6 Å². The van der Waals surface area contributed by atoms with E-state index in [4.69, 9.17) is 4.74 Å². The number of rotatable bonds is 5. The van der Waals surface area contributed by atoms with Gasteiger partial charge in [0.2, 0.25) is 11.8 Å². The number of hydrogen-bond acceptors (Lipinski definition) is 6. The number of Topliss-reactive ketones (excluding diaryl/α,β-unsaturated/α-hetero) is 1. The molecule has 1 aliphatic heterocycles. The van der Waals surface area contributed by atoms with Crippen LogP contribution in [0.2, 0.25) is 0 Å². The fraction of sp³-hybridized carbons (Fsp3) is 0.381. The number of aromatic nitrogens is 2. The maximum Gasteiger partial charge on any atom is 0.325 e. The number of ketones is 1. The number of halogens is 2. The lowest BCUT2D eigenvalue weighted by atomic mass is 9.80. The van der Waals surface area contributed by atoms with Crippen LogP contribution in [0.5, 0.6) is 11.6 Å². The van der Waals surface area contributed by atoms with Gasteiger partial charge in [0.05, 0.1) is 12.7 Å². The number of benzene rings is 1. The topological polar surface area (TPSA) is 101 Å². The van der Waals surface area contributed by atoms with Crippen LogP contribution in [0.1, 0.15) is 41.6 Å². The maximum atomic E-state index is 13.5. The summed E-state index contributed by atoms with van der Waals surface area (Å²) in [5.41, 5.74) is -0.185. The standard InChI is InChI=1S/C21H20F2N4O4/c1-13-10-17(26-24-11-13)31-15-4-2-14(3-5-15)16(28)12-27-18(29)20(25-19(27)30)6-8-21(22,23)9-7-20/h2-5,10-11H,6-9,12H2,1H3,(H,25,30). The highest BCUT2D eigenvalue weighted by atomic mass is 19.3. The monoisotopic (exact) mass is 430 g/mol. The number of ether oxygens (including phenoxy) is 1. The van der Waals surface area contributed by atoms with Crippen molar-refractivity contribution in [1.82, 2.24) is 20.4 Å². The summed E-state index contributed by atoms with van der Waals surface area (Å²) in [6, 6.07) is 7.12. The normalized spacial score (nSPS) is 19.4. The van der Waals surface area contributed by atoms with E-state index in [-0.39, 0.29) is 18.4 Å². The number of nitrogens with zero attached hydrogens (tertiary/aromatic N) is 3. The van der Waals surface area contributed by atoms with Crippen molar-refractivity contribution < 1.29 is 27.9 Å². The highest BCUT2D eigenvalue weighted by molar-refractivity contribution is 6.11. The highest BCUT2D eigenvalue weighted by Gasteiger charge is 2.55. The summed E-state index contributed by atoms with van der Waals surface area (Å²) in [5.74, 6) is -3.17. The van der Waals surface area contributed by atoms with Gasteiger partial charge in [-0.3, -0.25) is 14.5 Å². The summed E-state index contributed by atoms with van der Waals surface area (Å²) >= 11 is 0. The molecule has 0 bridgehead atoms. The lowest BCUT2D eigenvalue weighted by molar-refractivity contribution is -0.135. The minimum atomic E-state index is -2.84. The Hall–Kier alpha value is -3.43. The van der Waals surface area contributed by atoms with Crippen LogP contribution in [0.3, 0.4) is 0 Å². The van der Waals surface area contributed by atoms with E-state index in [2.05, 4.69) is 15.5 Å². The highest BCUT2D eigenvalue weighted by Crippen LogP contribution is 2.41. The van der Waals surface area contributed by atoms with Crippen molar-refractivity contribution in [3.05, 3.63) is 47.7 Å². The lowest BCUT2D eigenvalue weighted by Crippen LogP contribution is -2.51. The van der Waals surface area contributed by atoms with Gasteiger partial charge in [-0.15, -0.1) is 5.10 Å². The SMILES string of the molecule is Cc1cnnc(Oc2ccc(C(=O)CN3C(=O)NC4(CCC(F)(F)CC4)C3=O)cc2)c1. The fourth-order valence-corrected chi connectivity index (χ4v) is 3.75. The average molecular weight is 430 g/mol. The van der Waals surface area contributed by atoms with Crippen molar-refractivity contribution in [2.75, 3.05) is 6.54 Å². The molecule has 2 aromatic rings. The first-order valence-electron chi connectivity index (χ1n) is 9.80. The molecular weight excluding hydrogens is 410 g/mol. The Kier molecular flexibility index (Phi) is 5.16. The number of carbonyl (C=O) groups is 3.